The molecule has 1 unspecified atom stereocenters. The van der Waals surface area contributed by atoms with E-state index in [4.69, 9.17) is 4.74 Å². The van der Waals surface area contributed by atoms with E-state index < -0.39 is 17.9 Å². The lowest BCUT2D eigenvalue weighted by atomic mass is 10.2. The number of rotatable bonds is 7. The molecule has 2 rings (SSSR count). The molecule has 0 aliphatic heterocycles. The maximum Gasteiger partial charge on any atom is 0.313 e. The van der Waals surface area contributed by atoms with Crippen LogP contribution < -0.4 is 15.4 Å². The molecule has 0 fully saturated rings. The molecular weight excluding hydrogens is 328 g/mol. The number of anilines is 1. The third-order valence-electron chi connectivity index (χ3n) is 3.20. The molecule has 0 aliphatic carbocycles. The molecule has 0 saturated carbocycles. The fourth-order valence-electron chi connectivity index (χ4n) is 2.01. The number of aliphatic hydroxyl groups excluding tert-OH is 1. The van der Waals surface area contributed by atoms with Crippen molar-refractivity contribution in [2.24, 2.45) is 0 Å². The van der Waals surface area contributed by atoms with Gasteiger partial charge in [-0.25, -0.2) is 0 Å². The topological polar surface area (TPSA) is 87.7 Å². The van der Waals surface area contributed by atoms with Gasteiger partial charge in [0.1, 0.15) is 5.75 Å². The minimum atomic E-state index is -0.746. The minimum Gasteiger partial charge on any atom is -0.494 e. The molecule has 6 nitrogen and oxygen atoms in total. The smallest absolute Gasteiger partial charge is 0.313 e. The van der Waals surface area contributed by atoms with Gasteiger partial charge in [0.05, 0.1) is 12.7 Å². The van der Waals surface area contributed by atoms with E-state index in [0.717, 1.165) is 4.88 Å². The average molecular weight is 348 g/mol. The van der Waals surface area contributed by atoms with E-state index in [1.54, 1.807) is 24.3 Å². The summed E-state index contributed by atoms with van der Waals surface area (Å²) in [6, 6.07) is 10.4. The predicted octanol–water partition coefficient (Wildman–Crippen LogP) is 2.33. The van der Waals surface area contributed by atoms with E-state index >= 15 is 0 Å². The zero-order chi connectivity index (χ0) is 17.4. The number of ether oxygens (including phenoxy) is 1. The van der Waals surface area contributed by atoms with Gasteiger partial charge in [-0.2, -0.15) is 0 Å². The first-order chi connectivity index (χ1) is 11.6. The Morgan fingerprint density at radius 1 is 1.21 bits per heavy atom. The van der Waals surface area contributed by atoms with Crippen molar-refractivity contribution in [3.05, 3.63) is 46.7 Å². The third kappa shape index (κ3) is 5.36. The van der Waals surface area contributed by atoms with Gasteiger partial charge in [0.2, 0.25) is 0 Å². The molecule has 0 bridgehead atoms. The van der Waals surface area contributed by atoms with E-state index in [1.807, 2.05) is 24.4 Å². The largest absolute Gasteiger partial charge is 0.494 e. The summed E-state index contributed by atoms with van der Waals surface area (Å²) >= 11 is 1.45. The lowest BCUT2D eigenvalue weighted by Gasteiger charge is -2.10. The van der Waals surface area contributed by atoms with Crippen molar-refractivity contribution in [2.75, 3.05) is 18.5 Å². The molecule has 7 heteroatoms. The summed E-state index contributed by atoms with van der Waals surface area (Å²) in [6.45, 7) is 2.66. The van der Waals surface area contributed by atoms with Gasteiger partial charge in [0.15, 0.2) is 0 Å². The van der Waals surface area contributed by atoms with Gasteiger partial charge in [-0.15, -0.1) is 11.3 Å². The van der Waals surface area contributed by atoms with Crippen LogP contribution in [0.5, 0.6) is 5.75 Å². The molecule has 24 heavy (non-hydrogen) atoms. The zero-order valence-corrected chi connectivity index (χ0v) is 14.1. The molecular formula is C17H20N2O4S. The van der Waals surface area contributed by atoms with Crippen LogP contribution in [0.15, 0.2) is 41.8 Å². The van der Waals surface area contributed by atoms with E-state index in [1.165, 1.54) is 11.3 Å². The van der Waals surface area contributed by atoms with E-state index in [2.05, 4.69) is 10.6 Å². The van der Waals surface area contributed by atoms with Gasteiger partial charge < -0.3 is 20.5 Å². The lowest BCUT2D eigenvalue weighted by molar-refractivity contribution is -0.136. The zero-order valence-electron chi connectivity index (χ0n) is 13.3. The molecule has 1 aromatic carbocycles. The van der Waals surface area contributed by atoms with Gasteiger partial charge in [-0.3, -0.25) is 9.59 Å². The minimum absolute atomic E-state index is 0.217. The molecule has 0 spiro atoms. The molecule has 0 radical (unpaired) electrons. The molecule has 1 atom stereocenters. The maximum absolute atomic E-state index is 11.8. The van der Waals surface area contributed by atoms with Crippen LogP contribution in [0, 0.1) is 0 Å². The van der Waals surface area contributed by atoms with Crippen LogP contribution in [-0.4, -0.2) is 30.1 Å². The Balaban J connectivity index is 1.74. The number of hydrogen-bond donors (Lipinski definition) is 3. The summed E-state index contributed by atoms with van der Waals surface area (Å²) < 4.78 is 5.30. The van der Waals surface area contributed by atoms with Crippen LogP contribution in [-0.2, 0) is 9.59 Å². The highest BCUT2D eigenvalue weighted by Crippen LogP contribution is 2.21. The van der Waals surface area contributed by atoms with Crippen LogP contribution in [0.3, 0.4) is 0 Å². The summed E-state index contributed by atoms with van der Waals surface area (Å²) in [7, 11) is 0. The Morgan fingerprint density at radius 3 is 2.58 bits per heavy atom. The van der Waals surface area contributed by atoms with Crippen LogP contribution >= 0.6 is 11.3 Å². The van der Waals surface area contributed by atoms with Gasteiger partial charge in [0, 0.05) is 17.1 Å². The second kappa shape index (κ2) is 9.05. The number of thiophene rings is 1. The van der Waals surface area contributed by atoms with Crippen LogP contribution in [0.4, 0.5) is 5.69 Å². The molecule has 1 aromatic heterocycles. The normalized spacial score (nSPS) is 11.6. The Hall–Kier alpha value is -2.38. The second-order valence-corrected chi connectivity index (χ2v) is 5.97. The quantitative estimate of drug-likeness (QED) is 0.670. The highest BCUT2D eigenvalue weighted by molar-refractivity contribution is 7.10. The van der Waals surface area contributed by atoms with Crippen LogP contribution in [0.1, 0.15) is 24.3 Å². The first kappa shape index (κ1) is 18.0. The van der Waals surface area contributed by atoms with E-state index in [9.17, 15) is 14.7 Å². The number of aliphatic hydroxyl groups is 1. The Labute approximate surface area is 144 Å². The summed E-state index contributed by atoms with van der Waals surface area (Å²) in [4.78, 5) is 24.4. The number of carbonyl (C=O) groups excluding carboxylic acids is 2. The Morgan fingerprint density at radius 2 is 1.96 bits per heavy atom. The summed E-state index contributed by atoms with van der Waals surface area (Å²) in [6.07, 6.45) is -0.290. The Kier molecular flexibility index (Phi) is 6.77. The molecule has 0 saturated heterocycles. The van der Waals surface area contributed by atoms with Gasteiger partial charge >= 0.3 is 11.8 Å². The van der Waals surface area contributed by atoms with Crippen LogP contribution in [0.25, 0.3) is 0 Å². The number of amides is 2. The predicted molar refractivity (Wildman–Crippen MR) is 93.1 cm³/mol. The van der Waals surface area contributed by atoms with Gasteiger partial charge in [-0.1, -0.05) is 6.07 Å². The molecule has 2 amide bonds. The van der Waals surface area contributed by atoms with Gasteiger partial charge in [0.25, 0.3) is 0 Å². The van der Waals surface area contributed by atoms with Crippen molar-refractivity contribution >= 4 is 28.8 Å². The third-order valence-corrected chi connectivity index (χ3v) is 4.18. The lowest BCUT2D eigenvalue weighted by Crippen LogP contribution is -2.36. The standard InChI is InChI=1S/C17H20N2O4S/c1-2-23-13-7-5-12(6-8-13)19-17(22)16(21)18-10-9-14(20)15-4-3-11-24-15/h3-8,11,14,20H,2,9-10H2,1H3,(H,18,21)(H,19,22). The molecule has 0 aliphatic rings. The first-order valence-electron chi connectivity index (χ1n) is 7.63. The van der Waals surface area contributed by atoms with E-state index in [-0.39, 0.29) is 6.54 Å². The van der Waals surface area contributed by atoms with Gasteiger partial charge in [-0.05, 0) is 49.1 Å². The average Bonchev–Trinajstić information content (AvgIpc) is 3.11. The molecule has 3 N–H and O–H groups in total. The summed E-state index contributed by atoms with van der Waals surface area (Å²) in [5.41, 5.74) is 0.511. The van der Waals surface area contributed by atoms with Crippen molar-refractivity contribution in [3.8, 4) is 5.75 Å². The fraction of sp³-hybridized carbons (Fsp3) is 0.294. The number of carbonyl (C=O) groups is 2. The SMILES string of the molecule is CCOc1ccc(NC(=O)C(=O)NCCC(O)c2cccs2)cc1. The first-order valence-corrected chi connectivity index (χ1v) is 8.51. The monoisotopic (exact) mass is 348 g/mol. The van der Waals surface area contributed by atoms with Crippen molar-refractivity contribution in [3.63, 3.8) is 0 Å². The van der Waals surface area contributed by atoms with Crippen molar-refractivity contribution in [1.29, 1.82) is 0 Å². The maximum atomic E-state index is 11.8. The summed E-state index contributed by atoms with van der Waals surface area (Å²) in [5.74, 6) is -0.783. The van der Waals surface area contributed by atoms with E-state index in [0.29, 0.717) is 24.5 Å². The highest BCUT2D eigenvalue weighted by atomic mass is 32.1. The van der Waals surface area contributed by atoms with Crippen molar-refractivity contribution in [1.82, 2.24) is 5.32 Å². The number of hydrogen-bond acceptors (Lipinski definition) is 5. The Bertz CT molecular complexity index is 656. The number of nitrogens with one attached hydrogen (secondary N) is 2. The summed E-state index contributed by atoms with van der Waals surface area (Å²) in [5, 5.41) is 16.8. The highest BCUT2D eigenvalue weighted by Gasteiger charge is 2.15. The molecule has 2 aromatic rings. The molecule has 1 heterocycles. The molecule has 128 valence electrons. The van der Waals surface area contributed by atoms with Crippen LogP contribution in [0.2, 0.25) is 0 Å². The van der Waals surface area contributed by atoms with Crippen molar-refractivity contribution < 1.29 is 19.4 Å². The fourth-order valence-corrected chi connectivity index (χ4v) is 2.76. The van der Waals surface area contributed by atoms with Crippen molar-refractivity contribution in [2.45, 2.75) is 19.4 Å². The second-order valence-electron chi connectivity index (χ2n) is 4.99. The number of benzene rings is 1.